The summed E-state index contributed by atoms with van der Waals surface area (Å²) in [5.74, 6) is 4.03. The van der Waals surface area contributed by atoms with Crippen LogP contribution in [0.3, 0.4) is 0 Å². The molecule has 0 spiro atoms. The van der Waals surface area contributed by atoms with Crippen molar-refractivity contribution in [1.29, 1.82) is 0 Å². The molecule has 0 bridgehead atoms. The van der Waals surface area contributed by atoms with E-state index in [0.29, 0.717) is 31.9 Å². The fraction of sp³-hybridized carbons (Fsp3) is 0.538. The summed E-state index contributed by atoms with van der Waals surface area (Å²) in [6.45, 7) is 9.54. The second-order valence-corrected chi connectivity index (χ2v) is 8.88. The number of nitrogens with zero attached hydrogens (tertiary/aromatic N) is 3. The predicted octanol–water partition coefficient (Wildman–Crippen LogP) is 4.24. The summed E-state index contributed by atoms with van der Waals surface area (Å²) in [6, 6.07) is 7.41. The average Bonchev–Trinajstić information content (AvgIpc) is 3.47. The molecule has 1 saturated heterocycles. The van der Waals surface area contributed by atoms with Gasteiger partial charge in [0.25, 0.3) is 0 Å². The minimum atomic E-state index is -0.396. The van der Waals surface area contributed by atoms with Gasteiger partial charge in [0.2, 0.25) is 5.91 Å². The fourth-order valence-corrected chi connectivity index (χ4v) is 3.68. The Bertz CT molecular complexity index is 970. The van der Waals surface area contributed by atoms with E-state index in [-0.39, 0.29) is 54.8 Å². The van der Waals surface area contributed by atoms with Crippen molar-refractivity contribution in [2.75, 3.05) is 27.2 Å². The number of aliphatic hydroxyl groups is 1. The molecule has 0 aliphatic carbocycles. The number of likely N-dealkylation sites (tertiary alicyclic amines) is 1. The zero-order chi connectivity index (χ0) is 25.3. The van der Waals surface area contributed by atoms with Gasteiger partial charge in [0, 0.05) is 61.4 Å². The van der Waals surface area contributed by atoms with E-state index < -0.39 is 6.10 Å². The van der Waals surface area contributed by atoms with Crippen molar-refractivity contribution in [3.63, 3.8) is 0 Å². The summed E-state index contributed by atoms with van der Waals surface area (Å²) >= 11 is 0. The van der Waals surface area contributed by atoms with Crippen molar-refractivity contribution in [3.05, 3.63) is 52.3 Å². The van der Waals surface area contributed by atoms with Crippen LogP contribution in [0.5, 0.6) is 5.75 Å². The molecule has 9 heteroatoms. The number of aliphatic hydroxyl groups excluding tert-OH is 1. The molecule has 2 aromatic rings. The maximum absolute atomic E-state index is 12.6. The molecule has 2 unspecified atom stereocenters. The molecule has 3 rings (SSSR count). The number of ether oxygens (including phenoxy) is 1. The van der Waals surface area contributed by atoms with Crippen molar-refractivity contribution >= 4 is 5.91 Å². The quantitative estimate of drug-likeness (QED) is 0.326. The zero-order valence-electron chi connectivity index (χ0n) is 21.4. The Morgan fingerprint density at radius 3 is 2.54 bits per heavy atom. The van der Waals surface area contributed by atoms with Crippen LogP contribution in [-0.2, 0) is 16.2 Å². The molecule has 1 amide bonds. The van der Waals surface area contributed by atoms with E-state index in [4.69, 9.17) is 20.5 Å². The molecule has 2 heterocycles. The van der Waals surface area contributed by atoms with E-state index in [9.17, 15) is 9.90 Å². The molecule has 0 radical (unpaired) electrons. The number of terminal acetylenes is 1. The topological polar surface area (TPSA) is 99.1 Å². The Kier molecular flexibility index (Phi) is 13.7. The monoisotopic (exact) mass is 708 g/mol. The van der Waals surface area contributed by atoms with Crippen molar-refractivity contribution in [2.45, 2.75) is 58.7 Å². The first-order valence-electron chi connectivity index (χ1n) is 11.5. The summed E-state index contributed by atoms with van der Waals surface area (Å²) in [5.41, 5.74) is 6.15. The van der Waals surface area contributed by atoms with Crippen LogP contribution >= 0.6 is 0 Å². The third kappa shape index (κ3) is 8.97. The Balaban J connectivity index is 0.000000362. The first kappa shape index (κ1) is 31.2. The third-order valence-electron chi connectivity index (χ3n) is 5.66. The summed E-state index contributed by atoms with van der Waals surface area (Å²) in [4.78, 5) is 19.3. The second kappa shape index (κ2) is 15.3. The van der Waals surface area contributed by atoms with Gasteiger partial charge in [-0.3, -0.25) is 4.79 Å². The Morgan fingerprint density at radius 2 is 2.06 bits per heavy atom. The molecule has 1 aliphatic rings. The van der Waals surface area contributed by atoms with Crippen LogP contribution in [0.1, 0.15) is 68.5 Å². The molecular weight excluding hydrogens is 672 g/mol. The molecule has 2 atom stereocenters. The second-order valence-electron chi connectivity index (χ2n) is 8.88. The number of benzene rings is 1. The molecule has 1 fully saturated rings. The standard InChI is InChI=1S/C15H24N2O3.C11H12NO2.U/c1-9(2)12-7-13(20-16-12)14(10(3)4)15(19)17-6-5-11(18)8-17;1-4-9-5-6-10(8-14-12-2)11(7-9)13-3;/h7,9-11,14,18H,5-6,8H2,1-4H3;1,5-7H,8H2,2-3H3;/q;-1;. The number of carbonyl (C=O) groups is 1. The van der Waals surface area contributed by atoms with E-state index in [0.717, 1.165) is 22.6 Å². The van der Waals surface area contributed by atoms with Crippen LogP contribution in [0.25, 0.3) is 5.48 Å². The van der Waals surface area contributed by atoms with Crippen molar-refractivity contribution < 1.29 is 55.1 Å². The first-order valence-corrected chi connectivity index (χ1v) is 11.5. The number of β-amino-alcohol motifs (C(OH)–C–C–N with tert-alkyl or cyclic N) is 1. The number of methoxy groups -OCH3 is 1. The number of carbonyl (C=O) groups excluding carboxylic acids is 1. The van der Waals surface area contributed by atoms with E-state index in [1.807, 2.05) is 45.9 Å². The molecule has 190 valence electrons. The third-order valence-corrected chi connectivity index (χ3v) is 5.66. The van der Waals surface area contributed by atoms with Gasteiger partial charge in [0.1, 0.15) is 17.4 Å². The van der Waals surface area contributed by atoms with E-state index in [1.165, 1.54) is 0 Å². The van der Waals surface area contributed by atoms with Gasteiger partial charge in [0.05, 0.1) is 25.5 Å². The summed E-state index contributed by atoms with van der Waals surface area (Å²) in [6.07, 6.45) is 5.53. The molecule has 35 heavy (non-hydrogen) atoms. The predicted molar refractivity (Wildman–Crippen MR) is 130 cm³/mol. The van der Waals surface area contributed by atoms with Crippen molar-refractivity contribution in [2.24, 2.45) is 5.92 Å². The van der Waals surface area contributed by atoms with Gasteiger partial charge in [-0.2, -0.15) is 0 Å². The van der Waals surface area contributed by atoms with Gasteiger partial charge in [0.15, 0.2) is 0 Å². The minimum absolute atomic E-state index is 0. The van der Waals surface area contributed by atoms with Crippen LogP contribution in [0.4, 0.5) is 0 Å². The van der Waals surface area contributed by atoms with Crippen LogP contribution in [0.15, 0.2) is 28.8 Å². The molecule has 8 nitrogen and oxygen atoms in total. The van der Waals surface area contributed by atoms with Gasteiger partial charge < -0.3 is 29.6 Å². The molecule has 0 saturated carbocycles. The smallest absolute Gasteiger partial charge is 0.233 e. The number of hydrogen-bond acceptors (Lipinski definition) is 6. The van der Waals surface area contributed by atoms with Gasteiger partial charge in [-0.05, 0) is 30.4 Å². The number of hydroxylamine groups is 1. The van der Waals surface area contributed by atoms with Crippen LogP contribution in [-0.4, -0.2) is 54.4 Å². The van der Waals surface area contributed by atoms with Gasteiger partial charge in [-0.1, -0.05) is 44.8 Å². The van der Waals surface area contributed by atoms with E-state index in [1.54, 1.807) is 25.1 Å². The number of hydrogen-bond donors (Lipinski definition) is 1. The molecule has 1 aliphatic heterocycles. The molecular formula is C26H36N3O5U-. The van der Waals surface area contributed by atoms with Crippen molar-refractivity contribution in [3.8, 4) is 18.1 Å². The minimum Gasteiger partial charge on any atom is -0.537 e. The molecule has 1 aromatic heterocycles. The average molecular weight is 709 g/mol. The van der Waals surface area contributed by atoms with Gasteiger partial charge >= 0.3 is 0 Å². The number of rotatable bonds is 8. The largest absolute Gasteiger partial charge is 0.537 e. The van der Waals surface area contributed by atoms with E-state index >= 15 is 0 Å². The molecule has 1 aromatic carbocycles. The Morgan fingerprint density at radius 1 is 1.34 bits per heavy atom. The van der Waals surface area contributed by atoms with Crippen LogP contribution in [0, 0.1) is 49.4 Å². The van der Waals surface area contributed by atoms with E-state index in [2.05, 4.69) is 16.6 Å². The maximum Gasteiger partial charge on any atom is 0.233 e. The summed E-state index contributed by atoms with van der Waals surface area (Å²) in [5, 5.41) is 13.6. The fourth-order valence-electron chi connectivity index (χ4n) is 3.68. The summed E-state index contributed by atoms with van der Waals surface area (Å²) in [7, 11) is 3.19. The molecule has 1 N–H and O–H groups in total. The first-order chi connectivity index (χ1) is 16.2. The van der Waals surface area contributed by atoms with Crippen molar-refractivity contribution in [1.82, 2.24) is 10.1 Å². The number of amides is 1. The van der Waals surface area contributed by atoms with Crippen LogP contribution in [0.2, 0.25) is 0 Å². The Hall–Kier alpha value is -1.81. The number of aromatic nitrogens is 1. The zero-order valence-corrected chi connectivity index (χ0v) is 25.6. The van der Waals surface area contributed by atoms with Gasteiger partial charge in [-0.25, -0.2) is 0 Å². The van der Waals surface area contributed by atoms with Crippen LogP contribution < -0.4 is 4.74 Å². The van der Waals surface area contributed by atoms with Gasteiger partial charge in [-0.15, -0.1) is 13.5 Å². The maximum atomic E-state index is 12.6. The Labute approximate surface area is 232 Å². The summed E-state index contributed by atoms with van der Waals surface area (Å²) < 4.78 is 10.6. The normalized spacial score (nSPS) is 15.8. The SMILES string of the molecule is C#Cc1ccc(CO[N-]C)c(OC)c1.CC(C)c1cc(C(C(=O)N2CCC(O)C2)C(C)C)on1.[U].